The van der Waals surface area contributed by atoms with E-state index in [0.29, 0.717) is 5.76 Å². The molecular weight excluding hydrogens is 160 g/mol. The maximum absolute atomic E-state index is 9.24. The first-order chi connectivity index (χ1) is 6.26. The first-order valence-corrected chi connectivity index (χ1v) is 5.64. The molecule has 0 fully saturated rings. The molecular formula is C12H22O. The molecule has 13 heavy (non-hydrogen) atoms. The second kappa shape index (κ2) is 5.31. The van der Waals surface area contributed by atoms with Crippen LogP contribution in [0.25, 0.3) is 0 Å². The van der Waals surface area contributed by atoms with Crippen LogP contribution in [0.5, 0.6) is 0 Å². The van der Waals surface area contributed by atoms with E-state index in [2.05, 4.69) is 13.8 Å². The minimum absolute atomic E-state index is 0.620. The fraction of sp³-hybridized carbons (Fsp3) is 0.833. The van der Waals surface area contributed by atoms with E-state index in [9.17, 15) is 5.11 Å². The van der Waals surface area contributed by atoms with Crippen molar-refractivity contribution in [1.82, 2.24) is 0 Å². The molecule has 0 bridgehead atoms. The fourth-order valence-corrected chi connectivity index (χ4v) is 2.15. The smallest absolute Gasteiger partial charge is 0.0885 e. The molecule has 0 aromatic heterocycles. The van der Waals surface area contributed by atoms with Crippen molar-refractivity contribution in [2.45, 2.75) is 52.4 Å². The molecule has 0 saturated carbocycles. The zero-order chi connectivity index (χ0) is 9.68. The molecule has 0 aromatic rings. The van der Waals surface area contributed by atoms with Crippen molar-refractivity contribution < 1.29 is 5.11 Å². The van der Waals surface area contributed by atoms with Crippen molar-refractivity contribution in [2.24, 2.45) is 11.8 Å². The zero-order valence-corrected chi connectivity index (χ0v) is 8.92. The highest BCUT2D eigenvalue weighted by atomic mass is 16.3. The Morgan fingerprint density at radius 3 is 2.62 bits per heavy atom. The summed E-state index contributed by atoms with van der Waals surface area (Å²) in [5.41, 5.74) is 0. The van der Waals surface area contributed by atoms with Crippen LogP contribution < -0.4 is 0 Å². The largest absolute Gasteiger partial charge is 0.513 e. The van der Waals surface area contributed by atoms with Crippen molar-refractivity contribution in [3.63, 3.8) is 0 Å². The van der Waals surface area contributed by atoms with Gasteiger partial charge in [-0.25, -0.2) is 0 Å². The first kappa shape index (κ1) is 10.6. The summed E-state index contributed by atoms with van der Waals surface area (Å²) in [6.07, 6.45) is 9.28. The van der Waals surface area contributed by atoms with E-state index in [-0.39, 0.29) is 0 Å². The minimum Gasteiger partial charge on any atom is -0.513 e. The lowest BCUT2D eigenvalue weighted by Gasteiger charge is -2.15. The van der Waals surface area contributed by atoms with Crippen LogP contribution in [0.1, 0.15) is 52.4 Å². The van der Waals surface area contributed by atoms with E-state index < -0.39 is 0 Å². The van der Waals surface area contributed by atoms with E-state index in [1.165, 1.54) is 25.7 Å². The first-order valence-electron chi connectivity index (χ1n) is 5.64. The van der Waals surface area contributed by atoms with Gasteiger partial charge in [0.15, 0.2) is 0 Å². The molecule has 0 spiro atoms. The Bertz CT molecular complexity index is 168. The normalized spacial score (nSPS) is 22.4. The molecule has 1 aliphatic carbocycles. The molecule has 0 aliphatic heterocycles. The van der Waals surface area contributed by atoms with Gasteiger partial charge >= 0.3 is 0 Å². The second-order valence-corrected chi connectivity index (χ2v) is 4.26. The number of allylic oxidation sites excluding steroid dienone is 2. The summed E-state index contributed by atoms with van der Waals surface area (Å²) in [6.45, 7) is 4.55. The van der Waals surface area contributed by atoms with Crippen LogP contribution in [0.2, 0.25) is 0 Å². The highest BCUT2D eigenvalue weighted by Crippen LogP contribution is 2.29. The van der Waals surface area contributed by atoms with Gasteiger partial charge in [0.2, 0.25) is 0 Å². The van der Waals surface area contributed by atoms with Gasteiger partial charge in [0, 0.05) is 6.42 Å². The molecule has 1 N–H and O–H groups in total. The maximum Gasteiger partial charge on any atom is 0.0885 e. The molecule has 0 radical (unpaired) electrons. The summed E-state index contributed by atoms with van der Waals surface area (Å²) in [5, 5.41) is 9.24. The Kier molecular flexibility index (Phi) is 4.34. The van der Waals surface area contributed by atoms with E-state index in [4.69, 9.17) is 0 Å². The van der Waals surface area contributed by atoms with Crippen LogP contribution in [-0.4, -0.2) is 5.11 Å². The van der Waals surface area contributed by atoms with Crippen LogP contribution in [0.4, 0.5) is 0 Å². The quantitative estimate of drug-likeness (QED) is 0.680. The van der Waals surface area contributed by atoms with Gasteiger partial charge in [-0.3, -0.25) is 0 Å². The summed E-state index contributed by atoms with van der Waals surface area (Å²) < 4.78 is 0. The van der Waals surface area contributed by atoms with E-state index >= 15 is 0 Å². The third-order valence-electron chi connectivity index (χ3n) is 3.32. The molecule has 76 valence electrons. The number of aliphatic hydroxyl groups is 1. The molecule has 0 saturated heterocycles. The second-order valence-electron chi connectivity index (χ2n) is 4.26. The van der Waals surface area contributed by atoms with Gasteiger partial charge < -0.3 is 5.11 Å². The average Bonchev–Trinajstić information content (AvgIpc) is 2.53. The van der Waals surface area contributed by atoms with Crippen molar-refractivity contribution in [1.29, 1.82) is 0 Å². The number of aliphatic hydroxyl groups excluding tert-OH is 1. The molecule has 0 aromatic carbocycles. The fourth-order valence-electron chi connectivity index (χ4n) is 2.15. The lowest BCUT2D eigenvalue weighted by molar-refractivity contribution is 0.344. The van der Waals surface area contributed by atoms with Crippen molar-refractivity contribution in [3.8, 4) is 0 Å². The van der Waals surface area contributed by atoms with Crippen LogP contribution in [0.3, 0.4) is 0 Å². The maximum atomic E-state index is 9.24. The van der Waals surface area contributed by atoms with E-state index in [1.807, 2.05) is 6.08 Å². The average molecular weight is 182 g/mol. The Morgan fingerprint density at radius 1 is 1.46 bits per heavy atom. The monoisotopic (exact) mass is 182 g/mol. The number of hydrogen-bond donors (Lipinski definition) is 1. The molecule has 1 nitrogen and oxygen atoms in total. The van der Waals surface area contributed by atoms with E-state index in [1.54, 1.807) is 0 Å². The number of rotatable bonds is 5. The molecule has 1 rings (SSSR count). The summed E-state index contributed by atoms with van der Waals surface area (Å²) in [7, 11) is 0. The Morgan fingerprint density at radius 2 is 2.15 bits per heavy atom. The lowest BCUT2D eigenvalue weighted by atomic mass is 9.91. The standard InChI is InChI=1S/C12H22O/c1-3-10(4-2)5-6-11-7-8-12(13)9-11/h8,10-11,13H,3-7,9H2,1-2H3. The van der Waals surface area contributed by atoms with Gasteiger partial charge in [-0.1, -0.05) is 33.1 Å². The Hall–Kier alpha value is -0.460. The molecule has 1 unspecified atom stereocenters. The summed E-state index contributed by atoms with van der Waals surface area (Å²) in [4.78, 5) is 0. The zero-order valence-electron chi connectivity index (χ0n) is 8.92. The van der Waals surface area contributed by atoms with Crippen molar-refractivity contribution in [2.75, 3.05) is 0 Å². The van der Waals surface area contributed by atoms with Crippen LogP contribution in [-0.2, 0) is 0 Å². The number of hydrogen-bond acceptors (Lipinski definition) is 1. The topological polar surface area (TPSA) is 20.2 Å². The van der Waals surface area contributed by atoms with Gasteiger partial charge in [0.1, 0.15) is 0 Å². The van der Waals surface area contributed by atoms with Crippen LogP contribution in [0, 0.1) is 11.8 Å². The highest BCUT2D eigenvalue weighted by molar-refractivity contribution is 5.01. The third kappa shape index (κ3) is 3.41. The third-order valence-corrected chi connectivity index (χ3v) is 3.32. The minimum atomic E-state index is 0.620. The van der Waals surface area contributed by atoms with Crippen molar-refractivity contribution in [3.05, 3.63) is 11.8 Å². The van der Waals surface area contributed by atoms with E-state index in [0.717, 1.165) is 24.7 Å². The SMILES string of the molecule is CCC(CC)CCC1CC=C(O)C1. The molecule has 0 amide bonds. The van der Waals surface area contributed by atoms with Gasteiger partial charge in [0.25, 0.3) is 0 Å². The van der Waals surface area contributed by atoms with Gasteiger partial charge in [0.05, 0.1) is 5.76 Å². The Balaban J connectivity index is 2.13. The van der Waals surface area contributed by atoms with Crippen LogP contribution in [0.15, 0.2) is 11.8 Å². The molecule has 1 aliphatic rings. The van der Waals surface area contributed by atoms with Gasteiger partial charge in [-0.2, -0.15) is 0 Å². The predicted octanol–water partition coefficient (Wildman–Crippen LogP) is 4.05. The lowest BCUT2D eigenvalue weighted by Crippen LogP contribution is -2.02. The molecule has 1 atom stereocenters. The highest BCUT2D eigenvalue weighted by Gasteiger charge is 2.17. The summed E-state index contributed by atoms with van der Waals surface area (Å²) >= 11 is 0. The Labute approximate surface area is 81.9 Å². The molecule has 0 heterocycles. The van der Waals surface area contributed by atoms with Gasteiger partial charge in [-0.15, -0.1) is 0 Å². The van der Waals surface area contributed by atoms with Gasteiger partial charge in [-0.05, 0) is 30.8 Å². The van der Waals surface area contributed by atoms with Crippen molar-refractivity contribution >= 4 is 0 Å². The molecule has 1 heteroatoms. The van der Waals surface area contributed by atoms with Crippen LogP contribution >= 0.6 is 0 Å². The predicted molar refractivity (Wildman–Crippen MR) is 56.7 cm³/mol. The summed E-state index contributed by atoms with van der Waals surface area (Å²) in [6, 6.07) is 0. The summed E-state index contributed by atoms with van der Waals surface area (Å²) in [5.74, 6) is 2.26.